The SMILES string of the molecule is CCS(=O)(=O)c1ccc(N=Nc2cc(C)c(N=Nc3c(S(=O)(=O)O)cc4cc(S(=O)(=O)O)cc(NC(C)=O)c4c3O)cc2C)cc1. The van der Waals surface area contributed by atoms with E-state index in [1.165, 1.54) is 24.3 Å². The van der Waals surface area contributed by atoms with E-state index in [2.05, 4.69) is 25.8 Å². The van der Waals surface area contributed by atoms with Crippen LogP contribution in [0.2, 0.25) is 0 Å². The Bertz CT molecular complexity index is 2280. The lowest BCUT2D eigenvalue weighted by Crippen LogP contribution is -2.08. The van der Waals surface area contributed by atoms with Gasteiger partial charge in [0.2, 0.25) is 5.91 Å². The highest BCUT2D eigenvalue weighted by atomic mass is 32.2. The third-order valence-electron chi connectivity index (χ3n) is 6.63. The summed E-state index contributed by atoms with van der Waals surface area (Å²) >= 11 is 0. The van der Waals surface area contributed by atoms with E-state index < -0.39 is 57.2 Å². The average Bonchev–Trinajstić information content (AvgIpc) is 2.95. The number of aromatic hydroxyl groups is 1. The number of phenols is 1. The second-order valence-corrected chi connectivity index (χ2v) is 15.1. The lowest BCUT2D eigenvalue weighted by atomic mass is 10.1. The number of hydrogen-bond acceptors (Lipinski definition) is 12. The van der Waals surface area contributed by atoms with Crippen molar-refractivity contribution in [3.05, 3.63) is 65.7 Å². The lowest BCUT2D eigenvalue weighted by molar-refractivity contribution is -0.114. The molecule has 0 saturated carbocycles. The van der Waals surface area contributed by atoms with Crippen LogP contribution in [-0.2, 0) is 34.9 Å². The van der Waals surface area contributed by atoms with Crippen molar-refractivity contribution in [2.75, 3.05) is 11.1 Å². The van der Waals surface area contributed by atoms with Crippen molar-refractivity contribution in [1.29, 1.82) is 0 Å². The number of sulfone groups is 1. The smallest absolute Gasteiger partial charge is 0.296 e. The van der Waals surface area contributed by atoms with Crippen LogP contribution in [-0.4, -0.2) is 51.1 Å². The summed E-state index contributed by atoms with van der Waals surface area (Å²) in [6.07, 6.45) is 0. The fourth-order valence-corrected chi connectivity index (χ4v) is 6.38. The van der Waals surface area contributed by atoms with E-state index in [0.29, 0.717) is 22.5 Å². The number of aryl methyl sites for hydroxylation is 2. The second kappa shape index (κ2) is 12.6. The van der Waals surface area contributed by atoms with Gasteiger partial charge in [0.25, 0.3) is 20.2 Å². The number of nitrogens with zero attached hydrogens (tertiary/aromatic N) is 4. The number of rotatable bonds is 9. The van der Waals surface area contributed by atoms with Crippen LogP contribution in [0.5, 0.6) is 5.75 Å². The normalized spacial score (nSPS) is 12.7. The monoisotopic (exact) mass is 689 g/mol. The summed E-state index contributed by atoms with van der Waals surface area (Å²) in [5.74, 6) is -1.58. The third kappa shape index (κ3) is 7.43. The summed E-state index contributed by atoms with van der Waals surface area (Å²) in [4.78, 5) is 10.3. The number of fused-ring (bicyclic) bond motifs is 1. The Morgan fingerprint density at radius 2 is 1.33 bits per heavy atom. The molecule has 4 aromatic carbocycles. The molecule has 1 amide bonds. The lowest BCUT2D eigenvalue weighted by Gasteiger charge is -2.14. The van der Waals surface area contributed by atoms with Crippen LogP contribution in [0.25, 0.3) is 10.8 Å². The summed E-state index contributed by atoms with van der Waals surface area (Å²) in [7, 11) is -13.3. The molecule has 0 radical (unpaired) electrons. The van der Waals surface area contributed by atoms with Crippen molar-refractivity contribution in [2.24, 2.45) is 20.5 Å². The molecule has 4 N–H and O–H groups in total. The molecule has 0 fully saturated rings. The predicted octanol–water partition coefficient (Wildman–Crippen LogP) is 6.24. The van der Waals surface area contributed by atoms with Gasteiger partial charge in [0.05, 0.1) is 38.3 Å². The van der Waals surface area contributed by atoms with E-state index >= 15 is 0 Å². The molecular formula is C28H27N5O10S3. The number of benzene rings is 4. The first kappa shape index (κ1) is 34.3. The summed E-state index contributed by atoms with van der Waals surface area (Å²) in [5, 5.41) is 29.2. The van der Waals surface area contributed by atoms with Crippen LogP contribution in [0.15, 0.2) is 89.7 Å². The number of phenolic OH excluding ortho intramolecular Hbond substituents is 1. The van der Waals surface area contributed by atoms with Gasteiger partial charge in [-0.3, -0.25) is 13.9 Å². The Kier molecular flexibility index (Phi) is 9.41. The van der Waals surface area contributed by atoms with Crippen molar-refractivity contribution in [1.82, 2.24) is 0 Å². The Labute approximate surface area is 264 Å². The molecule has 0 saturated heterocycles. The molecule has 0 aromatic heterocycles. The molecule has 0 spiro atoms. The van der Waals surface area contributed by atoms with E-state index in [0.717, 1.165) is 25.1 Å². The second-order valence-electron chi connectivity index (χ2n) is 9.99. The quantitative estimate of drug-likeness (QED) is 0.114. The van der Waals surface area contributed by atoms with E-state index in [1.54, 1.807) is 32.9 Å². The third-order valence-corrected chi connectivity index (χ3v) is 10.1. The van der Waals surface area contributed by atoms with Gasteiger partial charge < -0.3 is 10.4 Å². The van der Waals surface area contributed by atoms with E-state index in [-0.39, 0.29) is 32.8 Å². The van der Waals surface area contributed by atoms with Gasteiger partial charge in [0.1, 0.15) is 10.6 Å². The molecule has 0 unspecified atom stereocenters. The number of hydrogen-bond donors (Lipinski definition) is 4. The Morgan fingerprint density at radius 3 is 1.83 bits per heavy atom. The number of anilines is 1. The maximum absolute atomic E-state index is 12.3. The Balaban J connectivity index is 1.79. The standard InChI is InChI=1S/C28H27N5O10S3/c1-5-44(36,37)20-8-6-19(7-9-20)30-31-22-10-16(3)23(11-15(22)2)32-33-27-25(46(41,42)43)13-18-12-21(45(38,39)40)14-24(29-17(4)34)26(18)28(27)35/h6-14,35H,5H2,1-4H3,(H,29,34)(H,38,39,40)(H,41,42,43). The number of carbonyl (C=O) groups is 1. The van der Waals surface area contributed by atoms with Crippen molar-refractivity contribution >= 4 is 75.2 Å². The molecule has 0 bridgehead atoms. The van der Waals surface area contributed by atoms with Crippen molar-refractivity contribution in [2.45, 2.75) is 42.4 Å². The van der Waals surface area contributed by atoms with E-state index in [9.17, 15) is 44.3 Å². The molecule has 0 aliphatic rings. The highest BCUT2D eigenvalue weighted by molar-refractivity contribution is 7.91. The molecule has 242 valence electrons. The van der Waals surface area contributed by atoms with E-state index in [1.807, 2.05) is 0 Å². The van der Waals surface area contributed by atoms with Crippen molar-refractivity contribution in [3.63, 3.8) is 0 Å². The zero-order valence-electron chi connectivity index (χ0n) is 24.6. The number of nitrogens with one attached hydrogen (secondary N) is 1. The molecule has 0 atom stereocenters. The van der Waals surface area contributed by atoms with Crippen LogP contribution in [0.1, 0.15) is 25.0 Å². The topological polar surface area (TPSA) is 242 Å². The highest BCUT2D eigenvalue weighted by Crippen LogP contribution is 2.45. The fraction of sp³-hybridized carbons (Fsp3) is 0.179. The number of azo groups is 2. The van der Waals surface area contributed by atoms with Crippen LogP contribution >= 0.6 is 0 Å². The molecule has 15 nitrogen and oxygen atoms in total. The summed E-state index contributed by atoms with van der Waals surface area (Å²) in [6.45, 7) is 5.98. The molecule has 0 aliphatic carbocycles. The fourth-order valence-electron chi connectivity index (χ4n) is 4.29. The summed E-state index contributed by atoms with van der Waals surface area (Å²) in [6, 6.07) is 11.6. The van der Waals surface area contributed by atoms with Crippen molar-refractivity contribution in [3.8, 4) is 5.75 Å². The van der Waals surface area contributed by atoms with Gasteiger partial charge in [-0.25, -0.2) is 8.42 Å². The average molecular weight is 690 g/mol. The molecule has 46 heavy (non-hydrogen) atoms. The molecular weight excluding hydrogens is 663 g/mol. The Hall–Kier alpha value is -4.62. The molecule has 18 heteroatoms. The largest absolute Gasteiger partial charge is 0.505 e. The summed E-state index contributed by atoms with van der Waals surface area (Å²) < 4.78 is 91.7. The first-order valence-corrected chi connectivity index (χ1v) is 17.7. The number of amides is 1. The van der Waals surface area contributed by atoms with Gasteiger partial charge in [-0.15, -0.1) is 5.11 Å². The predicted molar refractivity (Wildman–Crippen MR) is 168 cm³/mol. The highest BCUT2D eigenvalue weighted by Gasteiger charge is 2.26. The molecule has 0 heterocycles. The zero-order valence-corrected chi connectivity index (χ0v) is 27.1. The first-order valence-electron chi connectivity index (χ1n) is 13.2. The number of carbonyl (C=O) groups excluding carboxylic acids is 1. The van der Waals surface area contributed by atoms with Crippen molar-refractivity contribution < 1.29 is 44.3 Å². The van der Waals surface area contributed by atoms with Gasteiger partial charge >= 0.3 is 0 Å². The zero-order chi connectivity index (χ0) is 34.2. The molecule has 4 rings (SSSR count). The van der Waals surface area contributed by atoms with Crippen LogP contribution < -0.4 is 5.32 Å². The van der Waals surface area contributed by atoms with Gasteiger partial charge in [-0.1, -0.05) is 6.92 Å². The van der Waals surface area contributed by atoms with Gasteiger partial charge in [-0.2, -0.15) is 32.2 Å². The maximum atomic E-state index is 12.3. The first-order chi connectivity index (χ1) is 21.3. The van der Waals surface area contributed by atoms with E-state index in [4.69, 9.17) is 0 Å². The Morgan fingerprint density at radius 1 is 0.761 bits per heavy atom. The van der Waals surface area contributed by atoms with Gasteiger partial charge in [0, 0.05) is 12.3 Å². The van der Waals surface area contributed by atoms with Crippen LogP contribution in [0, 0.1) is 13.8 Å². The summed E-state index contributed by atoms with van der Waals surface area (Å²) in [5.41, 5.74) is 1.11. The molecule has 4 aromatic rings. The van der Waals surface area contributed by atoms with Gasteiger partial charge in [-0.05, 0) is 85.0 Å². The minimum Gasteiger partial charge on any atom is -0.505 e. The molecule has 0 aliphatic heterocycles. The minimum atomic E-state index is -5.08. The van der Waals surface area contributed by atoms with Crippen LogP contribution in [0.4, 0.5) is 28.4 Å². The maximum Gasteiger partial charge on any atom is 0.296 e. The van der Waals surface area contributed by atoms with Crippen LogP contribution in [0.3, 0.4) is 0 Å². The minimum absolute atomic E-state index is 0.0381. The van der Waals surface area contributed by atoms with Gasteiger partial charge in [0.15, 0.2) is 15.6 Å².